The van der Waals surface area contributed by atoms with Crippen molar-refractivity contribution in [3.8, 4) is 22.6 Å². The number of benzene rings is 2. The van der Waals surface area contributed by atoms with E-state index in [-0.39, 0.29) is 0 Å². The van der Waals surface area contributed by atoms with Crippen molar-refractivity contribution >= 4 is 0 Å². The largest absolute Gasteiger partial charge is 0.508 e. The third-order valence-electron chi connectivity index (χ3n) is 2.70. The molecule has 0 heterocycles. The molecular weight excluding hydrogens is 224 g/mol. The van der Waals surface area contributed by atoms with Crippen LogP contribution in [0.1, 0.15) is 19.4 Å². The Kier molecular flexibility index (Phi) is 5.25. The van der Waals surface area contributed by atoms with Gasteiger partial charge in [-0.25, -0.2) is 0 Å². The lowest BCUT2D eigenvalue weighted by Gasteiger charge is -2.11. The number of rotatable bonds is 2. The lowest BCUT2D eigenvalue weighted by atomic mass is 9.99. The van der Waals surface area contributed by atoms with Gasteiger partial charge in [-0.2, -0.15) is 0 Å². The van der Waals surface area contributed by atoms with Crippen molar-refractivity contribution in [3.05, 3.63) is 48.0 Å². The zero-order chi connectivity index (χ0) is 13.5. The molecule has 2 rings (SSSR count). The van der Waals surface area contributed by atoms with Crippen LogP contribution in [-0.2, 0) is 0 Å². The van der Waals surface area contributed by atoms with Gasteiger partial charge in [-0.3, -0.25) is 0 Å². The second kappa shape index (κ2) is 6.70. The van der Waals surface area contributed by atoms with E-state index in [9.17, 15) is 5.11 Å². The van der Waals surface area contributed by atoms with E-state index >= 15 is 0 Å². The molecule has 0 aliphatic heterocycles. The molecule has 96 valence electrons. The van der Waals surface area contributed by atoms with E-state index in [1.165, 1.54) is 0 Å². The second-order valence-corrected chi connectivity index (χ2v) is 3.65. The van der Waals surface area contributed by atoms with Crippen molar-refractivity contribution in [2.75, 3.05) is 7.11 Å². The molecule has 0 aliphatic rings. The van der Waals surface area contributed by atoms with E-state index < -0.39 is 0 Å². The summed E-state index contributed by atoms with van der Waals surface area (Å²) in [5.41, 5.74) is 2.86. The first-order chi connectivity index (χ1) is 8.74. The molecule has 0 fully saturated rings. The van der Waals surface area contributed by atoms with Crippen LogP contribution in [0.4, 0.5) is 0 Å². The number of hydrogen-bond acceptors (Lipinski definition) is 2. The molecule has 1 N–H and O–H groups in total. The minimum Gasteiger partial charge on any atom is -0.508 e. The summed E-state index contributed by atoms with van der Waals surface area (Å²) in [6, 6.07) is 13.3. The number of phenolic OH excluding ortho intramolecular Hbond substituents is 1. The Morgan fingerprint density at radius 3 is 2.17 bits per heavy atom. The molecule has 0 aromatic heterocycles. The topological polar surface area (TPSA) is 29.5 Å². The summed E-state index contributed by atoms with van der Waals surface area (Å²) in [7, 11) is 1.65. The van der Waals surface area contributed by atoms with Crippen molar-refractivity contribution in [2.45, 2.75) is 20.8 Å². The maximum atomic E-state index is 9.68. The molecule has 2 nitrogen and oxygen atoms in total. The molecule has 2 aromatic rings. The zero-order valence-corrected chi connectivity index (χ0v) is 11.4. The van der Waals surface area contributed by atoms with E-state index in [0.717, 1.165) is 22.4 Å². The summed E-state index contributed by atoms with van der Waals surface area (Å²) in [4.78, 5) is 0. The second-order valence-electron chi connectivity index (χ2n) is 3.65. The van der Waals surface area contributed by atoms with Gasteiger partial charge >= 0.3 is 0 Å². The van der Waals surface area contributed by atoms with Crippen molar-refractivity contribution < 1.29 is 9.84 Å². The fraction of sp³-hybridized carbons (Fsp3) is 0.250. The fourth-order valence-corrected chi connectivity index (χ4v) is 1.78. The minimum atomic E-state index is 0.309. The van der Waals surface area contributed by atoms with Gasteiger partial charge in [0.25, 0.3) is 0 Å². The molecule has 0 radical (unpaired) electrons. The van der Waals surface area contributed by atoms with Crippen LogP contribution in [-0.4, -0.2) is 12.2 Å². The molecule has 0 bridgehead atoms. The number of aromatic hydroxyl groups is 1. The molecule has 0 atom stereocenters. The SMILES string of the molecule is CC.COc1ccccc1-c1cccc(O)c1C. The van der Waals surface area contributed by atoms with Crippen LogP contribution in [0.25, 0.3) is 11.1 Å². The van der Waals surface area contributed by atoms with Crippen LogP contribution >= 0.6 is 0 Å². The van der Waals surface area contributed by atoms with Crippen LogP contribution in [0, 0.1) is 6.92 Å². The van der Waals surface area contributed by atoms with Gasteiger partial charge in [-0.05, 0) is 30.2 Å². The Labute approximate surface area is 109 Å². The number of hydrogen-bond donors (Lipinski definition) is 1. The highest BCUT2D eigenvalue weighted by Crippen LogP contribution is 2.34. The van der Waals surface area contributed by atoms with Gasteiger partial charge in [0, 0.05) is 5.56 Å². The molecular formula is C16H20O2. The molecule has 0 amide bonds. The summed E-state index contributed by atoms with van der Waals surface area (Å²) in [6.07, 6.45) is 0. The van der Waals surface area contributed by atoms with Crippen molar-refractivity contribution in [1.29, 1.82) is 0 Å². The molecule has 0 unspecified atom stereocenters. The Morgan fingerprint density at radius 1 is 0.889 bits per heavy atom. The molecule has 0 saturated heterocycles. The van der Waals surface area contributed by atoms with Crippen LogP contribution in [0.15, 0.2) is 42.5 Å². The molecule has 2 heteroatoms. The van der Waals surface area contributed by atoms with Crippen molar-refractivity contribution in [1.82, 2.24) is 0 Å². The molecule has 0 saturated carbocycles. The van der Waals surface area contributed by atoms with Gasteiger partial charge in [0.05, 0.1) is 7.11 Å². The average Bonchev–Trinajstić information content (AvgIpc) is 2.44. The summed E-state index contributed by atoms with van der Waals surface area (Å²) < 4.78 is 5.31. The summed E-state index contributed by atoms with van der Waals surface area (Å²) >= 11 is 0. The quantitative estimate of drug-likeness (QED) is 0.848. The first-order valence-corrected chi connectivity index (χ1v) is 6.16. The van der Waals surface area contributed by atoms with E-state index in [1.807, 2.05) is 57.2 Å². The summed E-state index contributed by atoms with van der Waals surface area (Å²) in [5.74, 6) is 1.12. The predicted molar refractivity (Wildman–Crippen MR) is 76.2 cm³/mol. The van der Waals surface area contributed by atoms with Crippen LogP contribution in [0.2, 0.25) is 0 Å². The summed E-state index contributed by atoms with van der Waals surface area (Å²) in [5, 5.41) is 9.68. The molecule has 0 spiro atoms. The monoisotopic (exact) mass is 244 g/mol. The van der Waals surface area contributed by atoms with Crippen LogP contribution in [0.3, 0.4) is 0 Å². The third-order valence-corrected chi connectivity index (χ3v) is 2.70. The first kappa shape index (κ1) is 14.1. The van der Waals surface area contributed by atoms with Crippen molar-refractivity contribution in [3.63, 3.8) is 0 Å². The standard InChI is InChI=1S/C14H14O2.C2H6/c1-10-11(7-5-8-13(10)15)12-6-3-4-9-14(12)16-2;1-2/h3-9,15H,1-2H3;1-2H3. The summed E-state index contributed by atoms with van der Waals surface area (Å²) in [6.45, 7) is 5.90. The number of methoxy groups -OCH3 is 1. The van der Waals surface area contributed by atoms with Gasteiger partial charge in [-0.15, -0.1) is 0 Å². The number of ether oxygens (including phenoxy) is 1. The van der Waals surface area contributed by atoms with E-state index in [4.69, 9.17) is 4.74 Å². The lowest BCUT2D eigenvalue weighted by Crippen LogP contribution is -1.89. The Bertz CT molecular complexity index is 504. The zero-order valence-electron chi connectivity index (χ0n) is 11.4. The van der Waals surface area contributed by atoms with Gasteiger partial charge in [-0.1, -0.05) is 44.2 Å². The van der Waals surface area contributed by atoms with Gasteiger partial charge in [0.15, 0.2) is 0 Å². The predicted octanol–water partition coefficient (Wildman–Crippen LogP) is 4.40. The average molecular weight is 244 g/mol. The van der Waals surface area contributed by atoms with Crippen LogP contribution < -0.4 is 4.74 Å². The Balaban J connectivity index is 0.000000771. The van der Waals surface area contributed by atoms with Crippen LogP contribution in [0.5, 0.6) is 11.5 Å². The van der Waals surface area contributed by atoms with E-state index in [0.29, 0.717) is 5.75 Å². The minimum absolute atomic E-state index is 0.309. The highest BCUT2D eigenvalue weighted by molar-refractivity contribution is 5.74. The number of phenols is 1. The maximum absolute atomic E-state index is 9.68. The highest BCUT2D eigenvalue weighted by Gasteiger charge is 2.09. The van der Waals surface area contributed by atoms with Gasteiger partial charge in [0.2, 0.25) is 0 Å². The smallest absolute Gasteiger partial charge is 0.126 e. The third kappa shape index (κ3) is 2.83. The Morgan fingerprint density at radius 2 is 1.50 bits per heavy atom. The number of para-hydroxylation sites is 1. The van der Waals surface area contributed by atoms with Gasteiger partial charge in [0.1, 0.15) is 11.5 Å². The molecule has 18 heavy (non-hydrogen) atoms. The fourth-order valence-electron chi connectivity index (χ4n) is 1.78. The first-order valence-electron chi connectivity index (χ1n) is 6.16. The van der Waals surface area contributed by atoms with E-state index in [1.54, 1.807) is 13.2 Å². The Hall–Kier alpha value is -1.96. The van der Waals surface area contributed by atoms with Crippen molar-refractivity contribution in [2.24, 2.45) is 0 Å². The van der Waals surface area contributed by atoms with Gasteiger partial charge < -0.3 is 9.84 Å². The normalized spacial score (nSPS) is 9.33. The molecule has 0 aliphatic carbocycles. The molecule has 2 aromatic carbocycles. The highest BCUT2D eigenvalue weighted by atomic mass is 16.5. The lowest BCUT2D eigenvalue weighted by molar-refractivity contribution is 0.416. The maximum Gasteiger partial charge on any atom is 0.126 e. The van der Waals surface area contributed by atoms with E-state index in [2.05, 4.69) is 0 Å².